The average Bonchev–Trinajstić information content (AvgIpc) is 2.41. The summed E-state index contributed by atoms with van der Waals surface area (Å²) in [5.41, 5.74) is 1.90. The van der Waals surface area contributed by atoms with Crippen LogP contribution in [0, 0.1) is 6.92 Å². The number of hydrogen-bond donors (Lipinski definition) is 2. The topological polar surface area (TPSA) is 50.4 Å². The van der Waals surface area contributed by atoms with Gasteiger partial charge in [-0.05, 0) is 77.1 Å². The van der Waals surface area contributed by atoms with E-state index in [4.69, 9.17) is 4.74 Å². The minimum Gasteiger partial charge on any atom is -0.444 e. The van der Waals surface area contributed by atoms with E-state index in [1.807, 2.05) is 20.8 Å². The molecule has 1 fully saturated rings. The van der Waals surface area contributed by atoms with Crippen molar-refractivity contribution in [2.75, 3.05) is 5.32 Å². The Morgan fingerprint density at radius 2 is 1.96 bits per heavy atom. The molecule has 0 saturated heterocycles. The van der Waals surface area contributed by atoms with Gasteiger partial charge in [0.2, 0.25) is 0 Å². The van der Waals surface area contributed by atoms with Gasteiger partial charge < -0.3 is 15.4 Å². The predicted molar refractivity (Wildman–Crippen MR) is 97.9 cm³/mol. The van der Waals surface area contributed by atoms with E-state index in [1.165, 1.54) is 5.56 Å². The summed E-state index contributed by atoms with van der Waals surface area (Å²) in [6, 6.07) is 6.85. The quantitative estimate of drug-likeness (QED) is 0.772. The zero-order valence-corrected chi connectivity index (χ0v) is 16.0. The van der Waals surface area contributed by atoms with Crippen LogP contribution in [0.25, 0.3) is 0 Å². The first kappa shape index (κ1) is 18.1. The molecule has 1 aromatic rings. The molecular weight excluding hydrogens is 356 g/mol. The first-order valence-corrected chi connectivity index (χ1v) is 9.04. The molecule has 4 nitrogen and oxygen atoms in total. The zero-order chi connectivity index (χ0) is 17.0. The highest BCUT2D eigenvalue weighted by molar-refractivity contribution is 9.10. The van der Waals surface area contributed by atoms with E-state index in [0.717, 1.165) is 35.8 Å². The van der Waals surface area contributed by atoms with Crippen molar-refractivity contribution in [3.05, 3.63) is 28.2 Å². The van der Waals surface area contributed by atoms with Gasteiger partial charge in [-0.15, -0.1) is 0 Å². The van der Waals surface area contributed by atoms with Crippen molar-refractivity contribution in [3.8, 4) is 0 Å². The second kappa shape index (κ2) is 7.56. The Bertz CT molecular complexity index is 554. The monoisotopic (exact) mass is 382 g/mol. The summed E-state index contributed by atoms with van der Waals surface area (Å²) in [4.78, 5) is 11.9. The normalized spacial score (nSPS) is 21.6. The predicted octanol–water partition coefficient (Wildman–Crippen LogP) is 5.01. The van der Waals surface area contributed by atoms with Crippen molar-refractivity contribution >= 4 is 27.7 Å². The first-order chi connectivity index (χ1) is 10.7. The van der Waals surface area contributed by atoms with Crippen molar-refractivity contribution in [2.45, 2.75) is 71.1 Å². The maximum atomic E-state index is 11.9. The molecule has 23 heavy (non-hydrogen) atoms. The first-order valence-electron chi connectivity index (χ1n) is 8.25. The van der Waals surface area contributed by atoms with Crippen LogP contribution in [-0.2, 0) is 4.74 Å². The minimum absolute atomic E-state index is 0.174. The summed E-state index contributed by atoms with van der Waals surface area (Å²) in [5.74, 6) is 0. The van der Waals surface area contributed by atoms with Gasteiger partial charge in [0, 0.05) is 22.2 Å². The van der Waals surface area contributed by atoms with Crippen molar-refractivity contribution < 1.29 is 9.53 Å². The smallest absolute Gasteiger partial charge is 0.407 e. The van der Waals surface area contributed by atoms with Gasteiger partial charge in [0.15, 0.2) is 0 Å². The van der Waals surface area contributed by atoms with Gasteiger partial charge >= 0.3 is 6.09 Å². The standard InChI is InChI=1S/C18H27BrN2O2/c1-12-10-15(8-9-16(12)19)20-13-6-5-7-14(11-13)21-17(22)23-18(2,3)4/h8-10,13-14,20H,5-7,11H2,1-4H3,(H,21,22). The highest BCUT2D eigenvalue weighted by atomic mass is 79.9. The second-order valence-corrected chi connectivity index (χ2v) is 8.17. The zero-order valence-electron chi connectivity index (χ0n) is 14.4. The van der Waals surface area contributed by atoms with E-state index in [1.54, 1.807) is 0 Å². The molecule has 0 spiro atoms. The maximum Gasteiger partial charge on any atom is 0.407 e. The van der Waals surface area contributed by atoms with Crippen LogP contribution in [-0.4, -0.2) is 23.8 Å². The lowest BCUT2D eigenvalue weighted by molar-refractivity contribution is 0.0492. The third-order valence-electron chi connectivity index (χ3n) is 3.92. The third kappa shape index (κ3) is 6.05. The van der Waals surface area contributed by atoms with E-state index in [-0.39, 0.29) is 12.1 Å². The molecular formula is C18H27BrN2O2. The van der Waals surface area contributed by atoms with Gasteiger partial charge in [-0.1, -0.05) is 15.9 Å². The number of carbonyl (C=O) groups excluding carboxylic acids is 1. The van der Waals surface area contributed by atoms with Gasteiger partial charge in [0.05, 0.1) is 0 Å². The fraction of sp³-hybridized carbons (Fsp3) is 0.611. The summed E-state index contributed by atoms with van der Waals surface area (Å²) in [7, 11) is 0. The molecule has 5 heteroatoms. The van der Waals surface area contributed by atoms with Crippen molar-refractivity contribution in [2.24, 2.45) is 0 Å². The molecule has 1 saturated carbocycles. The summed E-state index contributed by atoms with van der Waals surface area (Å²) in [6.45, 7) is 7.73. The molecule has 2 N–H and O–H groups in total. The number of amides is 1. The average molecular weight is 383 g/mol. The Balaban J connectivity index is 1.88. The van der Waals surface area contributed by atoms with Crippen LogP contribution in [0.15, 0.2) is 22.7 Å². The summed E-state index contributed by atoms with van der Waals surface area (Å²) >= 11 is 3.53. The Kier molecular flexibility index (Phi) is 5.95. The molecule has 2 unspecified atom stereocenters. The number of aryl methyl sites for hydroxylation is 1. The molecule has 0 aliphatic heterocycles. The summed E-state index contributed by atoms with van der Waals surface area (Å²) < 4.78 is 6.47. The number of ether oxygens (including phenoxy) is 1. The van der Waals surface area contributed by atoms with Crippen LogP contribution in [0.4, 0.5) is 10.5 Å². The number of carbonyl (C=O) groups is 1. The number of alkyl carbamates (subject to hydrolysis) is 1. The number of hydrogen-bond acceptors (Lipinski definition) is 3. The molecule has 128 valence electrons. The summed E-state index contributed by atoms with van der Waals surface area (Å²) in [6.07, 6.45) is 3.85. The van der Waals surface area contributed by atoms with E-state index in [0.29, 0.717) is 6.04 Å². The van der Waals surface area contributed by atoms with E-state index < -0.39 is 5.60 Å². The van der Waals surface area contributed by atoms with Crippen LogP contribution >= 0.6 is 15.9 Å². The number of rotatable bonds is 3. The Morgan fingerprint density at radius 3 is 2.61 bits per heavy atom. The SMILES string of the molecule is Cc1cc(NC2CCCC(NC(=O)OC(C)(C)C)C2)ccc1Br. The van der Waals surface area contributed by atoms with E-state index >= 15 is 0 Å². The van der Waals surface area contributed by atoms with Crippen molar-refractivity contribution in [1.29, 1.82) is 0 Å². The molecule has 1 aromatic carbocycles. The molecule has 1 aliphatic rings. The lowest BCUT2D eigenvalue weighted by atomic mass is 9.91. The number of benzene rings is 1. The number of anilines is 1. The number of nitrogens with one attached hydrogen (secondary N) is 2. The van der Waals surface area contributed by atoms with Crippen LogP contribution in [0.1, 0.15) is 52.0 Å². The third-order valence-corrected chi connectivity index (χ3v) is 4.81. The van der Waals surface area contributed by atoms with Gasteiger partial charge in [0.1, 0.15) is 5.60 Å². The molecule has 2 rings (SSSR count). The largest absolute Gasteiger partial charge is 0.444 e. The van der Waals surface area contributed by atoms with Gasteiger partial charge in [-0.2, -0.15) is 0 Å². The highest BCUT2D eigenvalue weighted by Gasteiger charge is 2.25. The second-order valence-electron chi connectivity index (χ2n) is 7.31. The fourth-order valence-electron chi connectivity index (χ4n) is 2.90. The molecule has 0 aromatic heterocycles. The highest BCUT2D eigenvalue weighted by Crippen LogP contribution is 2.25. The Labute approximate surface area is 147 Å². The van der Waals surface area contributed by atoms with Crippen molar-refractivity contribution in [1.82, 2.24) is 5.32 Å². The number of halogens is 1. The molecule has 2 atom stereocenters. The van der Waals surface area contributed by atoms with Gasteiger partial charge in [-0.25, -0.2) is 4.79 Å². The van der Waals surface area contributed by atoms with E-state index in [9.17, 15) is 4.79 Å². The molecule has 0 bridgehead atoms. The minimum atomic E-state index is -0.453. The molecule has 1 amide bonds. The van der Waals surface area contributed by atoms with Crippen molar-refractivity contribution in [3.63, 3.8) is 0 Å². The van der Waals surface area contributed by atoms with E-state index in [2.05, 4.69) is 51.7 Å². The van der Waals surface area contributed by atoms with Crippen LogP contribution in [0.5, 0.6) is 0 Å². The lowest BCUT2D eigenvalue weighted by Gasteiger charge is -2.31. The van der Waals surface area contributed by atoms with Gasteiger partial charge in [0.25, 0.3) is 0 Å². The molecule has 1 aliphatic carbocycles. The Hall–Kier alpha value is -1.23. The molecule has 0 radical (unpaired) electrons. The lowest BCUT2D eigenvalue weighted by Crippen LogP contribution is -2.43. The molecule has 0 heterocycles. The van der Waals surface area contributed by atoms with Crippen LogP contribution in [0.3, 0.4) is 0 Å². The summed E-state index contributed by atoms with van der Waals surface area (Å²) in [5, 5.41) is 6.59. The van der Waals surface area contributed by atoms with Gasteiger partial charge in [-0.3, -0.25) is 0 Å². The fourth-order valence-corrected chi connectivity index (χ4v) is 3.14. The van der Waals surface area contributed by atoms with Crippen LogP contribution < -0.4 is 10.6 Å². The Morgan fingerprint density at radius 1 is 1.26 bits per heavy atom. The van der Waals surface area contributed by atoms with Crippen LogP contribution in [0.2, 0.25) is 0 Å². The maximum absolute atomic E-state index is 11.9.